The van der Waals surface area contributed by atoms with Crippen LogP contribution in [0, 0.1) is 5.92 Å². The number of carbonyl (C=O) groups is 1. The van der Waals surface area contributed by atoms with E-state index in [1.165, 1.54) is 4.31 Å². The first kappa shape index (κ1) is 10.1. The Morgan fingerprint density at radius 3 is 2.57 bits per heavy atom. The molecule has 2 rings (SSSR count). The molecule has 0 spiro atoms. The molecule has 0 radical (unpaired) electrons. The van der Waals surface area contributed by atoms with Gasteiger partial charge in [-0.05, 0) is 25.7 Å². The van der Waals surface area contributed by atoms with Gasteiger partial charge in [0.2, 0.25) is 10.0 Å². The molecule has 14 heavy (non-hydrogen) atoms. The summed E-state index contributed by atoms with van der Waals surface area (Å²) in [7, 11) is -3.11. The summed E-state index contributed by atoms with van der Waals surface area (Å²) in [5.41, 5.74) is 0. The van der Waals surface area contributed by atoms with E-state index in [1.807, 2.05) is 0 Å². The van der Waals surface area contributed by atoms with Crippen LogP contribution in [0.4, 0.5) is 0 Å². The largest absolute Gasteiger partial charge is 0.298 e. The van der Waals surface area contributed by atoms with Crippen LogP contribution in [0.25, 0.3) is 0 Å². The summed E-state index contributed by atoms with van der Waals surface area (Å²) in [6.45, 7) is 0.647. The molecule has 0 bridgehead atoms. The molecule has 1 aliphatic carbocycles. The van der Waals surface area contributed by atoms with Gasteiger partial charge >= 0.3 is 0 Å². The van der Waals surface area contributed by atoms with Gasteiger partial charge in [0.1, 0.15) is 0 Å². The van der Waals surface area contributed by atoms with Crippen molar-refractivity contribution in [3.63, 3.8) is 0 Å². The van der Waals surface area contributed by atoms with E-state index in [1.54, 1.807) is 0 Å². The zero-order valence-electron chi connectivity index (χ0n) is 8.11. The third-order valence-electron chi connectivity index (χ3n) is 2.82. The average Bonchev–Trinajstić information content (AvgIpc) is 2.91. The van der Waals surface area contributed by atoms with Gasteiger partial charge in [-0.3, -0.25) is 4.79 Å². The predicted molar refractivity (Wildman–Crippen MR) is 52.3 cm³/mol. The number of hydrogen-bond acceptors (Lipinski definition) is 3. The minimum absolute atomic E-state index is 0.107. The normalized spacial score (nSPS) is 27.4. The van der Waals surface area contributed by atoms with Gasteiger partial charge in [0.15, 0.2) is 5.78 Å². The van der Waals surface area contributed by atoms with Crippen LogP contribution in [0.5, 0.6) is 0 Å². The molecular formula is C9H15NO3S. The lowest BCUT2D eigenvalue weighted by Gasteiger charge is -2.25. The third kappa shape index (κ3) is 2.15. The second-order valence-electron chi connectivity index (χ2n) is 4.10. The minimum atomic E-state index is -3.11. The Morgan fingerprint density at radius 1 is 1.29 bits per heavy atom. The summed E-state index contributed by atoms with van der Waals surface area (Å²) in [6, 6.07) is 0. The average molecular weight is 217 g/mol. The molecule has 1 saturated carbocycles. The van der Waals surface area contributed by atoms with Crippen LogP contribution in [0.2, 0.25) is 0 Å². The number of hydrogen-bond donors (Lipinski definition) is 0. The molecule has 1 heterocycles. The molecule has 2 aliphatic rings. The van der Waals surface area contributed by atoms with Gasteiger partial charge in [-0.1, -0.05) is 0 Å². The van der Waals surface area contributed by atoms with Crippen molar-refractivity contribution < 1.29 is 13.2 Å². The summed E-state index contributed by atoms with van der Waals surface area (Å²) in [6.07, 6.45) is 3.52. The summed E-state index contributed by atoms with van der Waals surface area (Å²) in [5, 5.41) is 0. The van der Waals surface area contributed by atoms with Crippen LogP contribution in [-0.4, -0.2) is 37.3 Å². The van der Waals surface area contributed by atoms with Gasteiger partial charge in [-0.2, -0.15) is 4.31 Å². The molecular weight excluding hydrogens is 202 g/mol. The molecule has 0 aromatic carbocycles. The molecule has 2 fully saturated rings. The molecule has 0 unspecified atom stereocenters. The zero-order valence-corrected chi connectivity index (χ0v) is 8.92. The standard InChI is InChI=1S/C9H15NO3S/c11-9(8-3-4-8)7-10-5-1-2-6-14(10,12)13/h8H,1-7H2. The monoisotopic (exact) mass is 217 g/mol. The molecule has 4 nitrogen and oxygen atoms in total. The van der Waals surface area contributed by atoms with Crippen LogP contribution in [-0.2, 0) is 14.8 Å². The molecule has 80 valence electrons. The Kier molecular flexibility index (Phi) is 2.62. The van der Waals surface area contributed by atoms with E-state index in [-0.39, 0.29) is 24.0 Å². The molecule has 0 aromatic heterocycles. The molecule has 0 amide bonds. The van der Waals surface area contributed by atoms with Crippen LogP contribution in [0.15, 0.2) is 0 Å². The van der Waals surface area contributed by atoms with Crippen LogP contribution < -0.4 is 0 Å². The highest BCUT2D eigenvalue weighted by Gasteiger charge is 2.34. The fourth-order valence-corrected chi connectivity index (χ4v) is 3.28. The topological polar surface area (TPSA) is 54.5 Å². The van der Waals surface area contributed by atoms with Gasteiger partial charge in [0.25, 0.3) is 0 Å². The lowest BCUT2D eigenvalue weighted by molar-refractivity contribution is -0.120. The third-order valence-corrected chi connectivity index (χ3v) is 4.72. The molecule has 1 aliphatic heterocycles. The van der Waals surface area contributed by atoms with E-state index in [2.05, 4.69) is 0 Å². The number of sulfonamides is 1. The number of Topliss-reactive ketones (excluding diaryl/α,β-unsaturated/α-hetero) is 1. The lowest BCUT2D eigenvalue weighted by Crippen LogP contribution is -2.41. The van der Waals surface area contributed by atoms with Crippen LogP contribution in [0.3, 0.4) is 0 Å². The zero-order chi connectivity index (χ0) is 10.2. The summed E-state index contributed by atoms with van der Waals surface area (Å²) >= 11 is 0. The first-order valence-corrected chi connectivity index (χ1v) is 6.71. The molecule has 5 heteroatoms. The first-order valence-electron chi connectivity index (χ1n) is 5.10. The number of ketones is 1. The van der Waals surface area contributed by atoms with Crippen molar-refractivity contribution in [1.29, 1.82) is 0 Å². The minimum Gasteiger partial charge on any atom is -0.298 e. The summed E-state index contributed by atoms with van der Waals surface area (Å²) in [4.78, 5) is 11.5. The highest BCUT2D eigenvalue weighted by molar-refractivity contribution is 7.89. The van der Waals surface area contributed by atoms with Crippen molar-refractivity contribution in [3.05, 3.63) is 0 Å². The van der Waals surface area contributed by atoms with E-state index >= 15 is 0 Å². The second kappa shape index (κ2) is 3.62. The van der Waals surface area contributed by atoms with Gasteiger partial charge in [0, 0.05) is 12.5 Å². The van der Waals surface area contributed by atoms with E-state index in [0.717, 1.165) is 25.7 Å². The number of rotatable bonds is 3. The Morgan fingerprint density at radius 2 is 2.00 bits per heavy atom. The van der Waals surface area contributed by atoms with E-state index < -0.39 is 10.0 Å². The van der Waals surface area contributed by atoms with Crippen molar-refractivity contribution in [3.8, 4) is 0 Å². The maximum absolute atomic E-state index is 11.5. The molecule has 0 atom stereocenters. The van der Waals surface area contributed by atoms with Crippen molar-refractivity contribution in [2.75, 3.05) is 18.8 Å². The Balaban J connectivity index is 1.98. The fraction of sp³-hybridized carbons (Fsp3) is 0.889. The predicted octanol–water partition coefficient (Wildman–Crippen LogP) is 0.391. The number of nitrogens with zero attached hydrogens (tertiary/aromatic N) is 1. The fourth-order valence-electron chi connectivity index (χ4n) is 1.73. The van der Waals surface area contributed by atoms with Crippen molar-refractivity contribution in [2.24, 2.45) is 5.92 Å². The highest BCUT2D eigenvalue weighted by Crippen LogP contribution is 2.30. The molecule has 0 N–H and O–H groups in total. The SMILES string of the molecule is O=C(CN1CCCCS1(=O)=O)C1CC1. The smallest absolute Gasteiger partial charge is 0.214 e. The summed E-state index contributed by atoms with van der Waals surface area (Å²) in [5.74, 6) is 0.480. The van der Waals surface area contributed by atoms with E-state index in [0.29, 0.717) is 6.54 Å². The first-order chi connectivity index (χ1) is 6.59. The van der Waals surface area contributed by atoms with Gasteiger partial charge < -0.3 is 0 Å². The van der Waals surface area contributed by atoms with Crippen LogP contribution >= 0.6 is 0 Å². The Bertz CT molecular complexity index is 332. The van der Waals surface area contributed by atoms with Crippen molar-refractivity contribution >= 4 is 15.8 Å². The van der Waals surface area contributed by atoms with Crippen molar-refractivity contribution in [2.45, 2.75) is 25.7 Å². The maximum atomic E-state index is 11.5. The Labute approximate surface area is 84.3 Å². The lowest BCUT2D eigenvalue weighted by atomic mass is 10.2. The van der Waals surface area contributed by atoms with Gasteiger partial charge in [-0.25, -0.2) is 8.42 Å². The molecule has 0 aromatic rings. The van der Waals surface area contributed by atoms with Gasteiger partial charge in [-0.15, -0.1) is 0 Å². The van der Waals surface area contributed by atoms with Crippen molar-refractivity contribution in [1.82, 2.24) is 4.31 Å². The van der Waals surface area contributed by atoms with Crippen LogP contribution in [0.1, 0.15) is 25.7 Å². The molecule has 1 saturated heterocycles. The summed E-state index contributed by atoms with van der Waals surface area (Å²) < 4.78 is 24.4. The highest BCUT2D eigenvalue weighted by atomic mass is 32.2. The maximum Gasteiger partial charge on any atom is 0.214 e. The second-order valence-corrected chi connectivity index (χ2v) is 6.19. The van der Waals surface area contributed by atoms with Gasteiger partial charge in [0.05, 0.1) is 12.3 Å². The van der Waals surface area contributed by atoms with E-state index in [4.69, 9.17) is 0 Å². The number of carbonyl (C=O) groups excluding carboxylic acids is 1. The van der Waals surface area contributed by atoms with E-state index in [9.17, 15) is 13.2 Å². The quantitative estimate of drug-likeness (QED) is 0.687. The Hall–Kier alpha value is -0.420.